The molecular weight excluding hydrogens is 249 g/mol. The third kappa shape index (κ3) is 1.76. The van der Waals surface area contributed by atoms with E-state index in [1.165, 1.54) is 6.07 Å². The van der Waals surface area contributed by atoms with Gasteiger partial charge in [-0.25, -0.2) is 4.39 Å². The number of H-pyrrole nitrogens is 1. The fourth-order valence-corrected chi connectivity index (χ4v) is 2.41. The maximum Gasteiger partial charge on any atom is 0.289 e. The molecule has 2 atom stereocenters. The minimum absolute atomic E-state index is 0.262. The predicted octanol–water partition coefficient (Wildman–Crippen LogP) is 1.86. The number of hydrogen-bond donors (Lipinski definition) is 3. The first-order valence-electron chi connectivity index (χ1n) is 5.89. The number of aromatic nitrogens is 1. The lowest BCUT2D eigenvalue weighted by molar-refractivity contribution is -0.124. The van der Waals surface area contributed by atoms with Gasteiger partial charge in [-0.1, -0.05) is 13.0 Å². The fourth-order valence-electron chi connectivity index (χ4n) is 2.41. The normalized spacial score (nSPS) is 20.4. The highest BCUT2D eigenvalue weighted by Gasteiger charge is 2.36. The Morgan fingerprint density at radius 2 is 2.26 bits per heavy atom. The molecule has 1 amide bonds. The van der Waals surface area contributed by atoms with E-state index in [-0.39, 0.29) is 23.7 Å². The molecule has 5 nitrogen and oxygen atoms in total. The topological polar surface area (TPSA) is 78.0 Å². The average Bonchev–Trinajstić information content (AvgIpc) is 2.93. The molecule has 1 aliphatic heterocycles. The third-order valence-corrected chi connectivity index (χ3v) is 3.37. The SMILES string of the molecule is CC(c1c[nH]c2cccc(F)c12)C1OC(=N)NC1=O. The van der Waals surface area contributed by atoms with Gasteiger partial charge in [0, 0.05) is 23.0 Å². The van der Waals surface area contributed by atoms with Crippen LogP contribution in [-0.4, -0.2) is 23.0 Å². The number of hydrogen-bond acceptors (Lipinski definition) is 3. The summed E-state index contributed by atoms with van der Waals surface area (Å²) in [6.45, 7) is 1.78. The fraction of sp³-hybridized carbons (Fsp3) is 0.231. The lowest BCUT2D eigenvalue weighted by atomic mass is 9.94. The summed E-state index contributed by atoms with van der Waals surface area (Å²) in [5.41, 5.74) is 1.35. The van der Waals surface area contributed by atoms with E-state index < -0.39 is 6.10 Å². The standard InChI is InChI=1S/C13H12FN3O2/c1-6(11-12(18)17-13(15)19-11)7-5-16-9-4-2-3-8(14)10(7)9/h2-6,11,16H,1H3,(H2,15,17,18). The van der Waals surface area contributed by atoms with Crippen LogP contribution in [0, 0.1) is 11.2 Å². The van der Waals surface area contributed by atoms with Crippen molar-refractivity contribution in [2.45, 2.75) is 18.9 Å². The Hall–Kier alpha value is -2.37. The lowest BCUT2D eigenvalue weighted by Crippen LogP contribution is -2.28. The van der Waals surface area contributed by atoms with Crippen LogP contribution in [0.15, 0.2) is 24.4 Å². The second-order valence-electron chi connectivity index (χ2n) is 4.55. The van der Waals surface area contributed by atoms with Crippen LogP contribution in [0.25, 0.3) is 10.9 Å². The van der Waals surface area contributed by atoms with Crippen LogP contribution in [0.2, 0.25) is 0 Å². The Kier molecular flexibility index (Phi) is 2.51. The zero-order chi connectivity index (χ0) is 13.6. The van der Waals surface area contributed by atoms with E-state index in [4.69, 9.17) is 10.1 Å². The second-order valence-corrected chi connectivity index (χ2v) is 4.55. The van der Waals surface area contributed by atoms with E-state index in [0.29, 0.717) is 16.5 Å². The summed E-state index contributed by atoms with van der Waals surface area (Å²) in [6, 6.07) is 4.51. The highest BCUT2D eigenvalue weighted by Crippen LogP contribution is 2.31. The molecule has 0 radical (unpaired) electrons. The van der Waals surface area contributed by atoms with Gasteiger partial charge in [0.15, 0.2) is 6.10 Å². The van der Waals surface area contributed by atoms with E-state index >= 15 is 0 Å². The zero-order valence-electron chi connectivity index (χ0n) is 10.2. The first-order valence-corrected chi connectivity index (χ1v) is 5.89. The molecular formula is C13H12FN3O2. The number of amidine groups is 1. The Morgan fingerprint density at radius 1 is 1.47 bits per heavy atom. The molecule has 3 rings (SSSR count). The first kappa shape index (κ1) is 11.7. The molecule has 0 spiro atoms. The number of nitrogens with one attached hydrogen (secondary N) is 3. The Balaban J connectivity index is 2.05. The van der Waals surface area contributed by atoms with Crippen molar-refractivity contribution < 1.29 is 13.9 Å². The molecule has 2 aromatic rings. The molecule has 3 N–H and O–H groups in total. The Bertz CT molecular complexity index is 680. The summed E-state index contributed by atoms with van der Waals surface area (Å²) in [7, 11) is 0. The first-order chi connectivity index (χ1) is 9.08. The number of rotatable bonds is 2. The van der Waals surface area contributed by atoms with Gasteiger partial charge in [0.1, 0.15) is 5.82 Å². The average molecular weight is 261 g/mol. The van der Waals surface area contributed by atoms with Crippen LogP contribution < -0.4 is 5.32 Å². The molecule has 98 valence electrons. The molecule has 1 aromatic carbocycles. The van der Waals surface area contributed by atoms with Crippen molar-refractivity contribution in [3.8, 4) is 0 Å². The number of benzene rings is 1. The number of aromatic amines is 1. The van der Waals surface area contributed by atoms with Crippen molar-refractivity contribution in [3.63, 3.8) is 0 Å². The molecule has 1 aromatic heterocycles. The van der Waals surface area contributed by atoms with Gasteiger partial charge in [-0.05, 0) is 17.7 Å². The maximum absolute atomic E-state index is 13.9. The summed E-state index contributed by atoms with van der Waals surface area (Å²) in [5, 5.41) is 10.1. The lowest BCUT2D eigenvalue weighted by Gasteiger charge is -2.15. The summed E-state index contributed by atoms with van der Waals surface area (Å²) < 4.78 is 19.0. The van der Waals surface area contributed by atoms with Gasteiger partial charge < -0.3 is 9.72 Å². The molecule has 0 saturated carbocycles. The quantitative estimate of drug-likeness (QED) is 0.771. The van der Waals surface area contributed by atoms with E-state index in [1.807, 2.05) is 0 Å². The highest BCUT2D eigenvalue weighted by molar-refractivity contribution is 6.01. The second kappa shape index (κ2) is 4.08. The predicted molar refractivity (Wildman–Crippen MR) is 67.4 cm³/mol. The van der Waals surface area contributed by atoms with Gasteiger partial charge in [0.05, 0.1) is 0 Å². The van der Waals surface area contributed by atoms with Gasteiger partial charge in [-0.15, -0.1) is 0 Å². The molecule has 1 aliphatic rings. The zero-order valence-corrected chi connectivity index (χ0v) is 10.2. The molecule has 6 heteroatoms. The van der Waals surface area contributed by atoms with Crippen molar-refractivity contribution in [2.24, 2.45) is 0 Å². The Morgan fingerprint density at radius 3 is 2.95 bits per heavy atom. The molecule has 2 heterocycles. The van der Waals surface area contributed by atoms with Crippen LogP contribution in [0.1, 0.15) is 18.4 Å². The molecule has 0 bridgehead atoms. The van der Waals surface area contributed by atoms with Crippen LogP contribution in [0.3, 0.4) is 0 Å². The van der Waals surface area contributed by atoms with Crippen molar-refractivity contribution >= 4 is 22.8 Å². The van der Waals surface area contributed by atoms with E-state index in [2.05, 4.69) is 10.3 Å². The summed E-state index contributed by atoms with van der Waals surface area (Å²) >= 11 is 0. The van der Waals surface area contributed by atoms with Gasteiger partial charge in [-0.3, -0.25) is 15.5 Å². The molecule has 19 heavy (non-hydrogen) atoms. The van der Waals surface area contributed by atoms with E-state index in [9.17, 15) is 9.18 Å². The largest absolute Gasteiger partial charge is 0.451 e. The van der Waals surface area contributed by atoms with Crippen molar-refractivity contribution in [1.29, 1.82) is 5.41 Å². The number of halogens is 1. The van der Waals surface area contributed by atoms with Crippen molar-refractivity contribution in [3.05, 3.63) is 35.8 Å². The van der Waals surface area contributed by atoms with Gasteiger partial charge in [-0.2, -0.15) is 0 Å². The van der Waals surface area contributed by atoms with Gasteiger partial charge >= 0.3 is 0 Å². The summed E-state index contributed by atoms with van der Waals surface area (Å²) in [5.74, 6) is -1.06. The Labute approximate surface area is 108 Å². The van der Waals surface area contributed by atoms with Gasteiger partial charge in [0.2, 0.25) is 0 Å². The number of ether oxygens (including phenoxy) is 1. The van der Waals surface area contributed by atoms with E-state index in [0.717, 1.165) is 0 Å². The van der Waals surface area contributed by atoms with Crippen molar-refractivity contribution in [1.82, 2.24) is 10.3 Å². The minimum Gasteiger partial charge on any atom is -0.451 e. The molecule has 1 fully saturated rings. The maximum atomic E-state index is 13.9. The number of carbonyl (C=O) groups is 1. The van der Waals surface area contributed by atoms with Crippen molar-refractivity contribution in [2.75, 3.05) is 0 Å². The third-order valence-electron chi connectivity index (χ3n) is 3.37. The number of carbonyl (C=O) groups excluding carboxylic acids is 1. The molecule has 0 aliphatic carbocycles. The van der Waals surface area contributed by atoms with Gasteiger partial charge in [0.25, 0.3) is 11.9 Å². The molecule has 1 saturated heterocycles. The highest BCUT2D eigenvalue weighted by atomic mass is 19.1. The van der Waals surface area contributed by atoms with Crippen LogP contribution in [-0.2, 0) is 9.53 Å². The number of amides is 1. The van der Waals surface area contributed by atoms with E-state index in [1.54, 1.807) is 25.3 Å². The number of fused-ring (bicyclic) bond motifs is 1. The van der Waals surface area contributed by atoms with Crippen LogP contribution >= 0.6 is 0 Å². The molecule has 2 unspecified atom stereocenters. The smallest absolute Gasteiger partial charge is 0.289 e. The monoisotopic (exact) mass is 261 g/mol. The minimum atomic E-state index is -0.800. The summed E-state index contributed by atoms with van der Waals surface area (Å²) in [4.78, 5) is 14.6. The van der Waals surface area contributed by atoms with Crippen LogP contribution in [0.5, 0.6) is 0 Å². The summed E-state index contributed by atoms with van der Waals surface area (Å²) in [6.07, 6.45) is 0.878. The van der Waals surface area contributed by atoms with Crippen LogP contribution in [0.4, 0.5) is 4.39 Å².